The fourth-order valence-corrected chi connectivity index (χ4v) is 3.47. The van der Waals surface area contributed by atoms with Crippen molar-refractivity contribution in [3.05, 3.63) is 53.2 Å². The first-order valence-corrected chi connectivity index (χ1v) is 9.04. The van der Waals surface area contributed by atoms with Gasteiger partial charge in [0.1, 0.15) is 5.69 Å². The Bertz CT molecular complexity index is 1230. The Kier molecular flexibility index (Phi) is 4.22. The molecule has 4 rings (SSSR count). The number of pyridine rings is 2. The molecule has 0 radical (unpaired) electrons. The number of aryl methyl sites for hydroxylation is 3. The van der Waals surface area contributed by atoms with Crippen LogP contribution in [0.15, 0.2) is 35.7 Å². The molecule has 2 N–H and O–H groups in total. The Labute approximate surface area is 162 Å². The second-order valence-corrected chi connectivity index (χ2v) is 6.99. The number of hydrogen-bond acceptors (Lipinski definition) is 5. The number of aromatic hydroxyl groups is 1. The summed E-state index contributed by atoms with van der Waals surface area (Å²) in [5.41, 5.74) is 7.65. The summed E-state index contributed by atoms with van der Waals surface area (Å²) in [6.45, 7) is 7.83. The third-order valence-electron chi connectivity index (χ3n) is 5.09. The van der Waals surface area contributed by atoms with Crippen molar-refractivity contribution in [2.24, 2.45) is 12.0 Å². The smallest absolute Gasteiger partial charge is 0.198 e. The Morgan fingerprint density at radius 1 is 1.21 bits per heavy atom. The van der Waals surface area contributed by atoms with E-state index in [9.17, 15) is 5.11 Å². The lowest BCUT2D eigenvalue weighted by Gasteiger charge is -2.05. The number of aromatic nitrogens is 5. The van der Waals surface area contributed by atoms with E-state index in [4.69, 9.17) is 4.99 Å². The van der Waals surface area contributed by atoms with Gasteiger partial charge in [0.2, 0.25) is 0 Å². The molecule has 0 atom stereocenters. The molecule has 4 heterocycles. The summed E-state index contributed by atoms with van der Waals surface area (Å²) >= 11 is 0. The zero-order valence-electron chi connectivity index (χ0n) is 16.6. The standard InChI is InChI=1S/C21H22N6O/c1-11-6-7-22-9-16(11)17-8-15-18(10-23-17)25-21(28)19(15)12(2)24-20-13(3)26-27(5)14(20)4/h6-10,25,28H,1-5H3. The molecule has 0 spiro atoms. The average molecular weight is 374 g/mol. The van der Waals surface area contributed by atoms with Crippen LogP contribution < -0.4 is 0 Å². The maximum Gasteiger partial charge on any atom is 0.198 e. The second-order valence-electron chi connectivity index (χ2n) is 6.99. The van der Waals surface area contributed by atoms with Crippen LogP contribution in [-0.2, 0) is 7.05 Å². The molecule has 28 heavy (non-hydrogen) atoms. The van der Waals surface area contributed by atoms with Gasteiger partial charge in [0.25, 0.3) is 0 Å². The Morgan fingerprint density at radius 2 is 2.00 bits per heavy atom. The second kappa shape index (κ2) is 6.60. The maximum absolute atomic E-state index is 10.5. The summed E-state index contributed by atoms with van der Waals surface area (Å²) in [4.78, 5) is 16.5. The Hall–Kier alpha value is -3.48. The van der Waals surface area contributed by atoms with Gasteiger partial charge < -0.3 is 10.1 Å². The lowest BCUT2D eigenvalue weighted by Crippen LogP contribution is -1.95. The third kappa shape index (κ3) is 2.85. The lowest BCUT2D eigenvalue weighted by atomic mass is 10.0. The summed E-state index contributed by atoms with van der Waals surface area (Å²) in [6, 6.07) is 3.92. The maximum atomic E-state index is 10.5. The fourth-order valence-electron chi connectivity index (χ4n) is 3.47. The minimum atomic E-state index is 0.0808. The Balaban J connectivity index is 1.89. The Morgan fingerprint density at radius 3 is 2.68 bits per heavy atom. The van der Waals surface area contributed by atoms with Gasteiger partial charge in [-0.05, 0) is 45.4 Å². The van der Waals surface area contributed by atoms with Crippen molar-refractivity contribution in [1.82, 2.24) is 24.7 Å². The molecule has 0 saturated heterocycles. The monoisotopic (exact) mass is 374 g/mol. The highest BCUT2D eigenvalue weighted by Gasteiger charge is 2.17. The van der Waals surface area contributed by atoms with Gasteiger partial charge in [-0.1, -0.05) is 0 Å². The zero-order chi connectivity index (χ0) is 20.0. The summed E-state index contributed by atoms with van der Waals surface area (Å²) in [7, 11) is 1.90. The van der Waals surface area contributed by atoms with Gasteiger partial charge in [-0.3, -0.25) is 14.6 Å². The molecule has 0 amide bonds. The molecule has 142 valence electrons. The lowest BCUT2D eigenvalue weighted by molar-refractivity contribution is 0.457. The summed E-state index contributed by atoms with van der Waals surface area (Å²) in [5.74, 6) is 0.0808. The van der Waals surface area contributed by atoms with E-state index in [0.29, 0.717) is 11.3 Å². The largest absolute Gasteiger partial charge is 0.494 e. The van der Waals surface area contributed by atoms with Gasteiger partial charge in [0.15, 0.2) is 5.88 Å². The third-order valence-corrected chi connectivity index (χ3v) is 5.09. The number of rotatable bonds is 3. The van der Waals surface area contributed by atoms with Crippen LogP contribution in [0.4, 0.5) is 5.69 Å². The highest BCUT2D eigenvalue weighted by atomic mass is 16.3. The van der Waals surface area contributed by atoms with Crippen molar-refractivity contribution in [3.8, 4) is 17.1 Å². The quantitative estimate of drug-likeness (QED) is 0.527. The van der Waals surface area contributed by atoms with E-state index in [1.807, 2.05) is 51.6 Å². The molecule has 0 fully saturated rings. The van der Waals surface area contributed by atoms with E-state index < -0.39 is 0 Å². The number of aromatic amines is 1. The van der Waals surface area contributed by atoms with E-state index in [1.165, 1.54) is 0 Å². The predicted octanol–water partition coefficient (Wildman–Crippen LogP) is 4.13. The van der Waals surface area contributed by atoms with Gasteiger partial charge in [0.05, 0.1) is 40.1 Å². The van der Waals surface area contributed by atoms with Gasteiger partial charge in [-0.15, -0.1) is 0 Å². The summed E-state index contributed by atoms with van der Waals surface area (Å²) in [5, 5.41) is 15.8. The molecular formula is C21H22N6O. The van der Waals surface area contributed by atoms with Crippen molar-refractivity contribution in [2.45, 2.75) is 27.7 Å². The van der Waals surface area contributed by atoms with Gasteiger partial charge in [-0.25, -0.2) is 4.99 Å². The van der Waals surface area contributed by atoms with Crippen LogP contribution in [0.25, 0.3) is 22.2 Å². The van der Waals surface area contributed by atoms with Crippen LogP contribution in [0.3, 0.4) is 0 Å². The molecule has 0 unspecified atom stereocenters. The molecule has 0 bridgehead atoms. The predicted molar refractivity (Wildman–Crippen MR) is 110 cm³/mol. The topological polar surface area (TPSA) is 92.0 Å². The molecule has 0 aliphatic heterocycles. The molecule has 7 heteroatoms. The SMILES string of the molecule is CC(=Nc1c(C)nn(C)c1C)c1c(O)[nH]c2cnc(-c3cnccc3C)cc12. The summed E-state index contributed by atoms with van der Waals surface area (Å²) < 4.78 is 1.81. The minimum Gasteiger partial charge on any atom is -0.494 e. The van der Waals surface area contributed by atoms with Crippen molar-refractivity contribution >= 4 is 22.3 Å². The molecule has 0 saturated carbocycles. The number of fused-ring (bicyclic) bond motifs is 1. The van der Waals surface area contributed by atoms with Crippen LogP contribution in [0.1, 0.15) is 29.4 Å². The summed E-state index contributed by atoms with van der Waals surface area (Å²) in [6.07, 6.45) is 5.30. The molecular weight excluding hydrogens is 352 g/mol. The van der Waals surface area contributed by atoms with Gasteiger partial charge >= 0.3 is 0 Å². The first-order chi connectivity index (χ1) is 13.4. The molecule has 0 aliphatic carbocycles. The first kappa shape index (κ1) is 17.9. The van der Waals surface area contributed by atoms with Crippen molar-refractivity contribution < 1.29 is 5.11 Å². The number of nitrogens with one attached hydrogen (secondary N) is 1. The number of H-pyrrole nitrogens is 1. The van der Waals surface area contributed by atoms with E-state index >= 15 is 0 Å². The van der Waals surface area contributed by atoms with E-state index in [1.54, 1.807) is 18.6 Å². The minimum absolute atomic E-state index is 0.0808. The average Bonchev–Trinajstić information content (AvgIpc) is 3.11. The molecule has 0 aliphatic rings. The van der Waals surface area contributed by atoms with Crippen LogP contribution in [0.5, 0.6) is 5.88 Å². The number of aliphatic imine (C=N–C) groups is 1. The van der Waals surface area contributed by atoms with Crippen LogP contribution in [0, 0.1) is 20.8 Å². The highest BCUT2D eigenvalue weighted by molar-refractivity contribution is 6.13. The van der Waals surface area contributed by atoms with Crippen molar-refractivity contribution in [3.63, 3.8) is 0 Å². The van der Waals surface area contributed by atoms with Crippen molar-refractivity contribution in [1.29, 1.82) is 0 Å². The van der Waals surface area contributed by atoms with Gasteiger partial charge in [-0.2, -0.15) is 5.10 Å². The zero-order valence-corrected chi connectivity index (χ0v) is 16.6. The van der Waals surface area contributed by atoms with E-state index in [0.717, 1.165) is 44.8 Å². The highest BCUT2D eigenvalue weighted by Crippen LogP contribution is 2.32. The fraction of sp³-hybridized carbons (Fsp3) is 0.238. The normalized spacial score (nSPS) is 12.1. The van der Waals surface area contributed by atoms with E-state index in [2.05, 4.69) is 20.1 Å². The number of hydrogen-bond donors (Lipinski definition) is 2. The molecule has 0 aromatic carbocycles. The number of nitrogens with zero attached hydrogens (tertiary/aromatic N) is 5. The van der Waals surface area contributed by atoms with Crippen LogP contribution in [-0.4, -0.2) is 35.6 Å². The van der Waals surface area contributed by atoms with Crippen LogP contribution >= 0.6 is 0 Å². The van der Waals surface area contributed by atoms with Crippen molar-refractivity contribution in [2.75, 3.05) is 0 Å². The van der Waals surface area contributed by atoms with E-state index in [-0.39, 0.29) is 5.88 Å². The first-order valence-electron chi connectivity index (χ1n) is 9.04. The molecule has 7 nitrogen and oxygen atoms in total. The van der Waals surface area contributed by atoms with Gasteiger partial charge in [0, 0.05) is 30.4 Å². The molecule has 4 aromatic heterocycles. The molecule has 4 aromatic rings. The van der Waals surface area contributed by atoms with Crippen LogP contribution in [0.2, 0.25) is 0 Å².